The SMILES string of the molecule is C[C@H]1CC[C@@](CN(O)C=O)(C(=O)NNc2nc(N3CCOCC3)cc(C(F)(F)F)n2)CC1. The van der Waals surface area contributed by atoms with E-state index in [2.05, 4.69) is 20.8 Å². The zero-order valence-corrected chi connectivity index (χ0v) is 17.7. The van der Waals surface area contributed by atoms with Crippen molar-refractivity contribution < 1.29 is 32.7 Å². The Morgan fingerprint density at radius 1 is 1.34 bits per heavy atom. The van der Waals surface area contributed by atoms with Crippen LogP contribution in [0.3, 0.4) is 0 Å². The molecule has 10 nitrogen and oxygen atoms in total. The summed E-state index contributed by atoms with van der Waals surface area (Å²) in [4.78, 5) is 33.1. The van der Waals surface area contributed by atoms with Crippen LogP contribution in [-0.2, 0) is 20.5 Å². The van der Waals surface area contributed by atoms with Crippen LogP contribution in [0, 0.1) is 11.3 Å². The second-order valence-electron chi connectivity index (χ2n) is 8.28. The number of hydroxylamine groups is 2. The highest BCUT2D eigenvalue weighted by Gasteiger charge is 2.43. The highest BCUT2D eigenvalue weighted by atomic mass is 19.4. The number of morpholine rings is 1. The normalized spacial score (nSPS) is 24.0. The fraction of sp³-hybridized carbons (Fsp3) is 0.684. The number of carbonyl (C=O) groups is 2. The van der Waals surface area contributed by atoms with Crippen LogP contribution in [0.2, 0.25) is 0 Å². The quantitative estimate of drug-likeness (QED) is 0.320. The van der Waals surface area contributed by atoms with E-state index in [9.17, 15) is 28.0 Å². The van der Waals surface area contributed by atoms with E-state index in [1.165, 1.54) is 0 Å². The van der Waals surface area contributed by atoms with Gasteiger partial charge < -0.3 is 9.64 Å². The third-order valence-corrected chi connectivity index (χ3v) is 5.93. The van der Waals surface area contributed by atoms with Crippen molar-refractivity contribution in [2.45, 2.75) is 38.8 Å². The Hall–Kier alpha value is -2.67. The summed E-state index contributed by atoms with van der Waals surface area (Å²) < 4.78 is 45.3. The molecule has 1 saturated heterocycles. The second kappa shape index (κ2) is 9.86. The molecule has 0 aromatic carbocycles. The number of carbonyl (C=O) groups excluding carboxylic acids is 2. The lowest BCUT2D eigenvalue weighted by Gasteiger charge is -2.38. The van der Waals surface area contributed by atoms with Crippen molar-refractivity contribution in [3.05, 3.63) is 11.8 Å². The molecule has 178 valence electrons. The summed E-state index contributed by atoms with van der Waals surface area (Å²) in [5, 5.41) is 10.1. The summed E-state index contributed by atoms with van der Waals surface area (Å²) in [5.74, 6) is -0.518. The van der Waals surface area contributed by atoms with E-state index < -0.39 is 29.1 Å². The van der Waals surface area contributed by atoms with Crippen molar-refractivity contribution in [1.29, 1.82) is 0 Å². The van der Waals surface area contributed by atoms with E-state index in [0.717, 1.165) is 6.07 Å². The molecule has 13 heteroatoms. The molecule has 0 atom stereocenters. The zero-order chi connectivity index (χ0) is 23.4. The Kier molecular flexibility index (Phi) is 7.39. The summed E-state index contributed by atoms with van der Waals surface area (Å²) in [5.41, 5.74) is 2.55. The molecular weight excluding hydrogens is 433 g/mol. The van der Waals surface area contributed by atoms with E-state index in [4.69, 9.17) is 4.74 Å². The average Bonchev–Trinajstić information content (AvgIpc) is 2.78. The molecule has 1 aliphatic carbocycles. The molecule has 32 heavy (non-hydrogen) atoms. The van der Waals surface area contributed by atoms with Crippen LogP contribution in [0.25, 0.3) is 0 Å². The van der Waals surface area contributed by atoms with Gasteiger partial charge in [0.25, 0.3) is 0 Å². The van der Waals surface area contributed by atoms with Gasteiger partial charge in [-0.2, -0.15) is 18.2 Å². The number of nitrogens with one attached hydrogen (secondary N) is 2. The van der Waals surface area contributed by atoms with Crippen molar-refractivity contribution in [3.8, 4) is 0 Å². The predicted molar refractivity (Wildman–Crippen MR) is 106 cm³/mol. The standard InChI is InChI=1S/C19H27F3N6O4/c1-13-2-4-18(5-3-13,11-28(31)12-29)16(30)25-26-17-23-14(19(20,21)22)10-15(24-17)27-6-8-32-9-7-27/h10,12-13,31H,2-9,11H2,1H3,(H,25,30)(H,23,24,26)/t13-,18+. The van der Waals surface area contributed by atoms with Gasteiger partial charge in [0.15, 0.2) is 5.69 Å². The number of anilines is 2. The highest BCUT2D eigenvalue weighted by Crippen LogP contribution is 2.39. The maximum absolute atomic E-state index is 13.4. The van der Waals surface area contributed by atoms with Gasteiger partial charge in [0.05, 0.1) is 25.2 Å². The summed E-state index contributed by atoms with van der Waals surface area (Å²) in [6.45, 7) is 3.29. The van der Waals surface area contributed by atoms with Crippen molar-refractivity contribution >= 4 is 24.1 Å². The van der Waals surface area contributed by atoms with Gasteiger partial charge >= 0.3 is 6.18 Å². The largest absolute Gasteiger partial charge is 0.433 e. The molecule has 0 radical (unpaired) electrons. The Morgan fingerprint density at radius 3 is 2.59 bits per heavy atom. The van der Waals surface area contributed by atoms with Crippen LogP contribution in [0.1, 0.15) is 38.3 Å². The lowest BCUT2D eigenvalue weighted by Crippen LogP contribution is -2.51. The van der Waals surface area contributed by atoms with Crippen molar-refractivity contribution in [1.82, 2.24) is 20.5 Å². The molecule has 0 bridgehead atoms. The summed E-state index contributed by atoms with van der Waals surface area (Å²) in [6.07, 6.45) is -2.25. The van der Waals surface area contributed by atoms with Gasteiger partial charge in [-0.15, -0.1) is 0 Å². The number of ether oxygens (including phenoxy) is 1. The molecule has 1 aromatic rings. The fourth-order valence-corrected chi connectivity index (χ4v) is 3.95. The highest BCUT2D eigenvalue weighted by molar-refractivity contribution is 5.84. The van der Waals surface area contributed by atoms with E-state index >= 15 is 0 Å². The molecule has 2 fully saturated rings. The van der Waals surface area contributed by atoms with Gasteiger partial charge in [-0.1, -0.05) is 6.92 Å². The van der Waals surface area contributed by atoms with Gasteiger partial charge in [0.2, 0.25) is 18.3 Å². The van der Waals surface area contributed by atoms with Crippen LogP contribution in [-0.4, -0.2) is 65.4 Å². The Balaban J connectivity index is 1.79. The molecule has 0 unspecified atom stereocenters. The lowest BCUT2D eigenvalue weighted by atomic mass is 9.70. The molecule has 1 aromatic heterocycles. The van der Waals surface area contributed by atoms with Gasteiger partial charge in [0, 0.05) is 19.2 Å². The monoisotopic (exact) mass is 460 g/mol. The number of nitrogens with zero attached hydrogens (tertiary/aromatic N) is 4. The van der Waals surface area contributed by atoms with Crippen LogP contribution in [0.15, 0.2) is 6.07 Å². The maximum Gasteiger partial charge on any atom is 0.433 e. The number of rotatable bonds is 7. The first kappa shape index (κ1) is 24.0. The zero-order valence-electron chi connectivity index (χ0n) is 17.7. The van der Waals surface area contributed by atoms with E-state index in [1.54, 1.807) is 4.90 Å². The van der Waals surface area contributed by atoms with Crippen LogP contribution < -0.4 is 15.8 Å². The minimum atomic E-state index is -4.70. The first-order chi connectivity index (χ1) is 15.1. The van der Waals surface area contributed by atoms with Gasteiger partial charge in [-0.05, 0) is 31.6 Å². The van der Waals surface area contributed by atoms with Crippen LogP contribution >= 0.6 is 0 Å². The number of halogens is 3. The number of hydrazine groups is 1. The van der Waals surface area contributed by atoms with Gasteiger partial charge in [-0.3, -0.25) is 25.6 Å². The number of alkyl halides is 3. The molecule has 1 saturated carbocycles. The fourth-order valence-electron chi connectivity index (χ4n) is 3.95. The predicted octanol–water partition coefficient (Wildman–Crippen LogP) is 1.82. The molecule has 2 amide bonds. The van der Waals surface area contributed by atoms with Crippen LogP contribution in [0.5, 0.6) is 0 Å². The van der Waals surface area contributed by atoms with Gasteiger partial charge in [-0.25, -0.2) is 10.0 Å². The third-order valence-electron chi connectivity index (χ3n) is 5.93. The summed E-state index contributed by atoms with van der Waals surface area (Å²) in [6, 6.07) is 0.857. The topological polar surface area (TPSA) is 120 Å². The minimum Gasteiger partial charge on any atom is -0.378 e. The smallest absolute Gasteiger partial charge is 0.378 e. The summed E-state index contributed by atoms with van der Waals surface area (Å²) >= 11 is 0. The van der Waals surface area contributed by atoms with E-state index in [1.807, 2.05) is 6.92 Å². The number of hydrogen-bond acceptors (Lipinski definition) is 8. The maximum atomic E-state index is 13.4. The molecule has 2 aliphatic rings. The summed E-state index contributed by atoms with van der Waals surface area (Å²) in [7, 11) is 0. The molecule has 3 N–H and O–H groups in total. The van der Waals surface area contributed by atoms with E-state index in [-0.39, 0.29) is 18.8 Å². The first-order valence-electron chi connectivity index (χ1n) is 10.4. The molecule has 3 rings (SSSR count). The Bertz CT molecular complexity index is 811. The van der Waals surface area contributed by atoms with E-state index in [0.29, 0.717) is 63.0 Å². The average molecular weight is 460 g/mol. The third kappa shape index (κ3) is 5.76. The molecular formula is C19H27F3N6O4. The molecule has 2 heterocycles. The molecule has 1 aliphatic heterocycles. The Morgan fingerprint density at radius 2 is 2.00 bits per heavy atom. The molecule has 0 spiro atoms. The lowest BCUT2D eigenvalue weighted by molar-refractivity contribution is -0.163. The second-order valence-corrected chi connectivity index (χ2v) is 8.28. The number of aromatic nitrogens is 2. The van der Waals surface area contributed by atoms with Crippen molar-refractivity contribution in [2.24, 2.45) is 11.3 Å². The van der Waals surface area contributed by atoms with Gasteiger partial charge in [0.1, 0.15) is 5.82 Å². The van der Waals surface area contributed by atoms with Crippen LogP contribution in [0.4, 0.5) is 24.9 Å². The minimum absolute atomic E-state index is 0.0658. The Labute approximate surface area is 183 Å². The number of hydrogen-bond donors (Lipinski definition) is 3. The number of amides is 2. The first-order valence-corrected chi connectivity index (χ1v) is 10.4. The van der Waals surface area contributed by atoms with Crippen molar-refractivity contribution in [2.75, 3.05) is 43.2 Å². The van der Waals surface area contributed by atoms with Crippen molar-refractivity contribution in [3.63, 3.8) is 0 Å².